The fourth-order valence-electron chi connectivity index (χ4n) is 4.98. The molecule has 2 heterocycles. The van der Waals surface area contributed by atoms with Gasteiger partial charge in [-0.15, -0.1) is 0 Å². The zero-order valence-corrected chi connectivity index (χ0v) is 20.2. The van der Waals surface area contributed by atoms with E-state index in [9.17, 15) is 9.90 Å². The van der Waals surface area contributed by atoms with E-state index in [0.717, 1.165) is 24.1 Å². The molecule has 2 aromatic heterocycles. The maximum Gasteiger partial charge on any atom is 0.319 e. The normalized spacial score (nSPS) is 21.8. The van der Waals surface area contributed by atoms with Gasteiger partial charge >= 0.3 is 5.97 Å². The number of allylic oxidation sites excluding steroid dienone is 2. The van der Waals surface area contributed by atoms with Gasteiger partial charge in [0.2, 0.25) is 5.95 Å². The minimum Gasteiger partial charge on any atom is -0.480 e. The Balaban J connectivity index is 1.42. The summed E-state index contributed by atoms with van der Waals surface area (Å²) in [5.74, 6) is 0.0308. The number of aliphatic carboxylic acids is 1. The second kappa shape index (κ2) is 10.5. The van der Waals surface area contributed by atoms with Crippen LogP contribution >= 0.6 is 0 Å². The largest absolute Gasteiger partial charge is 0.480 e. The Labute approximate surface area is 210 Å². The molecule has 2 aliphatic carbocycles. The molecule has 1 fully saturated rings. The Kier molecular flexibility index (Phi) is 6.99. The summed E-state index contributed by atoms with van der Waals surface area (Å²) in [5.41, 5.74) is 1.27. The highest BCUT2D eigenvalue weighted by Crippen LogP contribution is 2.35. The summed E-state index contributed by atoms with van der Waals surface area (Å²) in [5, 5.41) is 25.7. The number of carboxylic acid groups (broad SMARTS) is 1. The van der Waals surface area contributed by atoms with E-state index in [0.29, 0.717) is 36.3 Å². The predicted octanol–water partition coefficient (Wildman–Crippen LogP) is 4.13. The van der Waals surface area contributed by atoms with Crippen molar-refractivity contribution in [3.63, 3.8) is 0 Å². The topological polar surface area (TPSA) is 125 Å². The lowest BCUT2D eigenvalue weighted by Crippen LogP contribution is -2.36. The maximum atomic E-state index is 12.4. The first-order chi connectivity index (χ1) is 17.6. The summed E-state index contributed by atoms with van der Waals surface area (Å²) in [6.07, 6.45) is 14.3. The van der Waals surface area contributed by atoms with Crippen LogP contribution < -0.4 is 10.6 Å². The fraction of sp³-hybridized carbons (Fsp3) is 0.407. The van der Waals surface area contributed by atoms with Crippen molar-refractivity contribution < 1.29 is 15.0 Å². The molecule has 1 saturated carbocycles. The Morgan fingerprint density at radius 2 is 1.83 bits per heavy atom. The van der Waals surface area contributed by atoms with E-state index in [4.69, 9.17) is 10.1 Å². The molecule has 0 amide bonds. The Morgan fingerprint density at radius 1 is 1.08 bits per heavy atom. The maximum absolute atomic E-state index is 12.4. The van der Waals surface area contributed by atoms with Crippen molar-refractivity contribution in [1.82, 2.24) is 19.5 Å². The molecule has 0 saturated heterocycles. The number of carbonyl (C=O) groups is 1. The first-order valence-electron chi connectivity index (χ1n) is 12.6. The molecule has 5 rings (SSSR count). The van der Waals surface area contributed by atoms with Crippen LogP contribution in [0.25, 0.3) is 11.2 Å². The van der Waals surface area contributed by atoms with Crippen LogP contribution in [0.3, 0.4) is 0 Å². The number of rotatable bonds is 10. The number of benzene rings is 1. The molecular weight excluding hydrogens is 456 g/mol. The SMILES string of the molecule is O=C(O)C1(CNc2nc(NCCCO)nc3c2ncn3C2CCCC2)C=CC(c2ccccc2)C=C1. The smallest absolute Gasteiger partial charge is 0.319 e. The Bertz CT molecular complexity index is 1250. The monoisotopic (exact) mass is 488 g/mol. The van der Waals surface area contributed by atoms with Crippen LogP contribution in [0.5, 0.6) is 0 Å². The van der Waals surface area contributed by atoms with Crippen molar-refractivity contribution in [1.29, 1.82) is 0 Å². The van der Waals surface area contributed by atoms with E-state index >= 15 is 0 Å². The van der Waals surface area contributed by atoms with Gasteiger partial charge in [0.15, 0.2) is 17.0 Å². The summed E-state index contributed by atoms with van der Waals surface area (Å²) >= 11 is 0. The molecule has 0 spiro atoms. The summed E-state index contributed by atoms with van der Waals surface area (Å²) in [7, 11) is 0. The summed E-state index contributed by atoms with van der Waals surface area (Å²) in [6.45, 7) is 0.726. The lowest BCUT2D eigenvalue weighted by molar-refractivity contribution is -0.143. The van der Waals surface area contributed by atoms with Crippen LogP contribution in [-0.2, 0) is 4.79 Å². The van der Waals surface area contributed by atoms with Crippen molar-refractivity contribution in [2.24, 2.45) is 5.41 Å². The van der Waals surface area contributed by atoms with E-state index in [-0.39, 0.29) is 19.1 Å². The van der Waals surface area contributed by atoms with Gasteiger partial charge in [-0.25, -0.2) is 4.98 Å². The summed E-state index contributed by atoms with van der Waals surface area (Å²) < 4.78 is 2.12. The van der Waals surface area contributed by atoms with E-state index in [1.54, 1.807) is 12.2 Å². The molecule has 9 nitrogen and oxygen atoms in total. The van der Waals surface area contributed by atoms with E-state index in [1.807, 2.05) is 48.8 Å². The van der Waals surface area contributed by atoms with Gasteiger partial charge in [-0.2, -0.15) is 9.97 Å². The molecule has 4 N–H and O–H groups in total. The van der Waals surface area contributed by atoms with Crippen LogP contribution in [0.1, 0.15) is 49.6 Å². The third-order valence-electron chi connectivity index (χ3n) is 7.09. The summed E-state index contributed by atoms with van der Waals surface area (Å²) in [4.78, 5) is 26.3. The zero-order valence-electron chi connectivity index (χ0n) is 20.2. The van der Waals surface area contributed by atoms with Crippen molar-refractivity contribution in [3.05, 3.63) is 66.5 Å². The third-order valence-corrected chi connectivity index (χ3v) is 7.09. The zero-order chi connectivity index (χ0) is 25.0. The molecule has 0 bridgehead atoms. The number of fused-ring (bicyclic) bond motifs is 1. The number of imidazole rings is 1. The van der Waals surface area contributed by atoms with Crippen LogP contribution in [0.4, 0.5) is 11.8 Å². The molecular formula is C27H32N6O3. The minimum atomic E-state index is -1.21. The van der Waals surface area contributed by atoms with Crippen molar-refractivity contribution in [2.75, 3.05) is 30.3 Å². The Hall–Kier alpha value is -3.72. The van der Waals surface area contributed by atoms with Gasteiger partial charge in [-0.3, -0.25) is 4.79 Å². The lowest BCUT2D eigenvalue weighted by Gasteiger charge is -2.27. The lowest BCUT2D eigenvalue weighted by atomic mass is 9.80. The van der Waals surface area contributed by atoms with Crippen molar-refractivity contribution >= 4 is 28.9 Å². The Morgan fingerprint density at radius 3 is 2.53 bits per heavy atom. The molecule has 0 unspecified atom stereocenters. The molecule has 188 valence electrons. The first-order valence-corrected chi connectivity index (χ1v) is 12.6. The number of aromatic nitrogens is 4. The quantitative estimate of drug-likeness (QED) is 0.248. The van der Waals surface area contributed by atoms with Gasteiger partial charge in [-0.1, -0.05) is 67.5 Å². The van der Waals surface area contributed by atoms with E-state index in [1.165, 1.54) is 12.8 Å². The summed E-state index contributed by atoms with van der Waals surface area (Å²) in [6, 6.07) is 10.4. The molecule has 0 radical (unpaired) electrons. The van der Waals surface area contributed by atoms with Crippen LogP contribution in [0.15, 0.2) is 61.0 Å². The number of nitrogens with one attached hydrogen (secondary N) is 2. The highest BCUT2D eigenvalue weighted by Gasteiger charge is 2.36. The number of anilines is 2. The third kappa shape index (κ3) is 4.83. The van der Waals surface area contributed by atoms with Crippen LogP contribution in [-0.4, -0.2) is 55.4 Å². The number of carboxylic acids is 1. The van der Waals surface area contributed by atoms with Gasteiger partial charge < -0.3 is 25.4 Å². The molecule has 3 aromatic rings. The molecule has 1 aromatic carbocycles. The molecule has 2 aliphatic rings. The second-order valence-electron chi connectivity index (χ2n) is 9.52. The van der Waals surface area contributed by atoms with E-state index in [2.05, 4.69) is 25.2 Å². The molecule has 0 aliphatic heterocycles. The number of nitrogens with zero attached hydrogens (tertiary/aromatic N) is 4. The molecule has 36 heavy (non-hydrogen) atoms. The number of hydrogen-bond acceptors (Lipinski definition) is 7. The van der Waals surface area contributed by atoms with Gasteiger partial charge in [0, 0.05) is 31.7 Å². The van der Waals surface area contributed by atoms with Crippen molar-refractivity contribution in [3.8, 4) is 0 Å². The highest BCUT2D eigenvalue weighted by molar-refractivity contribution is 5.86. The van der Waals surface area contributed by atoms with E-state index < -0.39 is 11.4 Å². The number of aliphatic hydroxyl groups excluding tert-OH is 1. The molecule has 0 atom stereocenters. The minimum absolute atomic E-state index is 0.0360. The van der Waals surface area contributed by atoms with Gasteiger partial charge in [0.25, 0.3) is 0 Å². The van der Waals surface area contributed by atoms with Crippen molar-refractivity contribution in [2.45, 2.75) is 44.1 Å². The molecule has 9 heteroatoms. The second-order valence-corrected chi connectivity index (χ2v) is 9.52. The van der Waals surface area contributed by atoms with Gasteiger partial charge in [0.1, 0.15) is 5.41 Å². The average molecular weight is 489 g/mol. The predicted molar refractivity (Wildman–Crippen MR) is 139 cm³/mol. The average Bonchev–Trinajstić information content (AvgIpc) is 3.58. The first kappa shape index (κ1) is 24.0. The standard InChI is InChI=1S/C27H32N6O3/c34-16-6-15-28-26-31-23(22-24(32-26)33(18-30-22)21-9-4-5-10-21)29-17-27(25(35)36)13-11-20(12-14-27)19-7-2-1-3-8-19/h1-3,7-8,11-14,18,20-21,34H,4-6,9-10,15-17H2,(H,35,36)(H2,28,29,31,32). The van der Waals surface area contributed by atoms with Crippen LogP contribution in [0.2, 0.25) is 0 Å². The fourth-order valence-corrected chi connectivity index (χ4v) is 4.98. The number of aliphatic hydroxyl groups is 1. The number of hydrogen-bond donors (Lipinski definition) is 4. The van der Waals surface area contributed by atoms with Gasteiger partial charge in [-0.05, 0) is 24.8 Å². The highest BCUT2D eigenvalue weighted by atomic mass is 16.4. The van der Waals surface area contributed by atoms with Crippen LogP contribution in [0, 0.1) is 5.41 Å². The van der Waals surface area contributed by atoms with Gasteiger partial charge in [0.05, 0.1) is 6.33 Å².